The van der Waals surface area contributed by atoms with E-state index in [0.717, 1.165) is 25.7 Å². The van der Waals surface area contributed by atoms with Gasteiger partial charge in [0.05, 0.1) is 10.6 Å². The molecule has 1 aromatic carbocycles. The second kappa shape index (κ2) is 7.62. The highest BCUT2D eigenvalue weighted by molar-refractivity contribution is 9.10. The van der Waals surface area contributed by atoms with E-state index in [1.165, 1.54) is 0 Å². The van der Waals surface area contributed by atoms with Gasteiger partial charge in [-0.3, -0.25) is 0 Å². The van der Waals surface area contributed by atoms with Crippen LogP contribution in [0.5, 0.6) is 0 Å². The minimum absolute atomic E-state index is 0.355. The zero-order valence-corrected chi connectivity index (χ0v) is 11.4. The van der Waals surface area contributed by atoms with Gasteiger partial charge >= 0.3 is 0 Å². The molecule has 1 N–H and O–H groups in total. The molecular formula is C14H18BrFO. The summed E-state index contributed by atoms with van der Waals surface area (Å²) in [4.78, 5) is 0. The second-order valence-electron chi connectivity index (χ2n) is 4.09. The van der Waals surface area contributed by atoms with Crippen molar-refractivity contribution >= 4 is 15.9 Å². The lowest BCUT2D eigenvalue weighted by Gasteiger charge is -2.12. The van der Waals surface area contributed by atoms with Crippen LogP contribution in [-0.4, -0.2) is 5.11 Å². The maximum Gasteiger partial charge on any atom is 0.143 e. The molecule has 1 atom stereocenters. The first kappa shape index (κ1) is 14.4. The lowest BCUT2D eigenvalue weighted by Crippen LogP contribution is -2.01. The summed E-state index contributed by atoms with van der Waals surface area (Å²) in [5, 5.41) is 9.90. The van der Waals surface area contributed by atoms with Crippen molar-refractivity contribution in [2.45, 2.75) is 38.2 Å². The molecule has 0 fully saturated rings. The zero-order chi connectivity index (χ0) is 12.7. The van der Waals surface area contributed by atoms with Crippen molar-refractivity contribution in [3.63, 3.8) is 0 Å². The monoisotopic (exact) mass is 300 g/mol. The van der Waals surface area contributed by atoms with Crippen LogP contribution in [0.15, 0.2) is 35.3 Å². The molecule has 1 unspecified atom stereocenters. The number of benzene rings is 1. The third kappa shape index (κ3) is 4.60. The molecule has 3 heteroatoms. The van der Waals surface area contributed by atoms with Gasteiger partial charge in [0, 0.05) is 5.56 Å². The Balaban J connectivity index is 2.44. The summed E-state index contributed by atoms with van der Waals surface area (Å²) in [5.74, 6) is -0.355. The van der Waals surface area contributed by atoms with Crippen molar-refractivity contribution in [1.82, 2.24) is 0 Å². The molecular weight excluding hydrogens is 283 g/mol. The number of unbranched alkanes of at least 4 members (excludes halogenated alkanes) is 3. The Bertz CT molecular complexity index is 365. The average molecular weight is 301 g/mol. The van der Waals surface area contributed by atoms with Crippen LogP contribution in [0.25, 0.3) is 0 Å². The van der Waals surface area contributed by atoms with Gasteiger partial charge < -0.3 is 5.11 Å². The van der Waals surface area contributed by atoms with Crippen molar-refractivity contribution in [1.29, 1.82) is 0 Å². The van der Waals surface area contributed by atoms with Crippen LogP contribution in [0.4, 0.5) is 4.39 Å². The molecule has 0 saturated heterocycles. The van der Waals surface area contributed by atoms with Crippen molar-refractivity contribution in [2.75, 3.05) is 0 Å². The molecule has 0 bridgehead atoms. The maximum atomic E-state index is 13.7. The highest BCUT2D eigenvalue weighted by atomic mass is 79.9. The molecule has 0 heterocycles. The van der Waals surface area contributed by atoms with Gasteiger partial charge in [-0.15, -0.1) is 6.58 Å². The van der Waals surface area contributed by atoms with E-state index in [1.807, 2.05) is 6.08 Å². The summed E-state index contributed by atoms with van der Waals surface area (Å²) < 4.78 is 14.1. The number of aliphatic hydroxyl groups excluding tert-OH is 1. The summed E-state index contributed by atoms with van der Waals surface area (Å²) in [6, 6.07) is 5.01. The first-order chi connectivity index (χ1) is 8.16. The summed E-state index contributed by atoms with van der Waals surface area (Å²) in [7, 11) is 0. The Morgan fingerprint density at radius 1 is 1.35 bits per heavy atom. The number of hydrogen-bond donors (Lipinski definition) is 1. The average Bonchev–Trinajstić information content (AvgIpc) is 2.32. The Labute approximate surface area is 110 Å². The Hall–Kier alpha value is -0.670. The number of halogens is 2. The van der Waals surface area contributed by atoms with E-state index < -0.39 is 6.10 Å². The zero-order valence-electron chi connectivity index (χ0n) is 9.83. The van der Waals surface area contributed by atoms with E-state index in [9.17, 15) is 9.50 Å². The molecule has 0 aromatic heterocycles. The van der Waals surface area contributed by atoms with Gasteiger partial charge in [0.1, 0.15) is 5.82 Å². The van der Waals surface area contributed by atoms with Crippen molar-refractivity contribution in [2.24, 2.45) is 0 Å². The van der Waals surface area contributed by atoms with Gasteiger partial charge in [0.2, 0.25) is 0 Å². The third-order valence-corrected chi connectivity index (χ3v) is 3.34. The predicted octanol–water partition coefficient (Wildman–Crippen LogP) is 4.76. The van der Waals surface area contributed by atoms with Gasteiger partial charge in [0.15, 0.2) is 0 Å². The van der Waals surface area contributed by atoms with E-state index in [4.69, 9.17) is 0 Å². The highest BCUT2D eigenvalue weighted by Crippen LogP contribution is 2.26. The van der Waals surface area contributed by atoms with Crippen LogP contribution in [-0.2, 0) is 0 Å². The lowest BCUT2D eigenvalue weighted by molar-refractivity contribution is 0.159. The number of allylic oxidation sites excluding steroid dienone is 1. The van der Waals surface area contributed by atoms with Crippen LogP contribution < -0.4 is 0 Å². The molecule has 1 nitrogen and oxygen atoms in total. The number of hydrogen-bond acceptors (Lipinski definition) is 1. The molecule has 0 spiro atoms. The van der Waals surface area contributed by atoms with E-state index in [0.29, 0.717) is 16.5 Å². The lowest BCUT2D eigenvalue weighted by atomic mass is 10.0. The minimum Gasteiger partial charge on any atom is -0.388 e. The fraction of sp³-hybridized carbons (Fsp3) is 0.429. The fourth-order valence-electron chi connectivity index (χ4n) is 1.74. The minimum atomic E-state index is -0.712. The largest absolute Gasteiger partial charge is 0.388 e. The quantitative estimate of drug-likeness (QED) is 0.569. The van der Waals surface area contributed by atoms with E-state index in [1.54, 1.807) is 18.2 Å². The van der Waals surface area contributed by atoms with Gasteiger partial charge in [-0.05, 0) is 41.3 Å². The molecule has 1 rings (SSSR count). The summed E-state index contributed by atoms with van der Waals surface area (Å²) in [6.07, 6.45) is 5.81. The first-order valence-electron chi connectivity index (χ1n) is 5.89. The van der Waals surface area contributed by atoms with Crippen molar-refractivity contribution < 1.29 is 9.50 Å². The smallest absolute Gasteiger partial charge is 0.143 e. The molecule has 0 aliphatic heterocycles. The van der Waals surface area contributed by atoms with Gasteiger partial charge in [0.25, 0.3) is 0 Å². The van der Waals surface area contributed by atoms with Crippen LogP contribution in [0, 0.1) is 5.82 Å². The van der Waals surface area contributed by atoms with Crippen LogP contribution in [0.2, 0.25) is 0 Å². The molecule has 0 radical (unpaired) electrons. The Kier molecular flexibility index (Phi) is 6.45. The van der Waals surface area contributed by atoms with Gasteiger partial charge in [-0.1, -0.05) is 31.1 Å². The molecule has 94 valence electrons. The molecule has 0 aliphatic rings. The van der Waals surface area contributed by atoms with Crippen LogP contribution >= 0.6 is 15.9 Å². The van der Waals surface area contributed by atoms with E-state index >= 15 is 0 Å². The van der Waals surface area contributed by atoms with Gasteiger partial charge in [-0.25, -0.2) is 4.39 Å². The Morgan fingerprint density at radius 2 is 2.12 bits per heavy atom. The second-order valence-corrected chi connectivity index (χ2v) is 4.94. The third-order valence-electron chi connectivity index (χ3n) is 2.73. The van der Waals surface area contributed by atoms with Crippen molar-refractivity contribution in [3.8, 4) is 0 Å². The molecule has 0 aliphatic carbocycles. The first-order valence-corrected chi connectivity index (χ1v) is 6.69. The SMILES string of the molecule is C=CCCCCCC(O)c1cccc(Br)c1F. The van der Waals surface area contributed by atoms with E-state index in [2.05, 4.69) is 22.5 Å². The van der Waals surface area contributed by atoms with Gasteiger partial charge in [-0.2, -0.15) is 0 Å². The normalized spacial score (nSPS) is 12.4. The summed E-state index contributed by atoms with van der Waals surface area (Å²) >= 11 is 3.12. The van der Waals surface area contributed by atoms with Crippen LogP contribution in [0.1, 0.15) is 43.8 Å². The summed E-state index contributed by atoms with van der Waals surface area (Å²) in [5.41, 5.74) is 0.378. The topological polar surface area (TPSA) is 20.2 Å². The summed E-state index contributed by atoms with van der Waals surface area (Å²) in [6.45, 7) is 3.66. The fourth-order valence-corrected chi connectivity index (χ4v) is 2.12. The molecule has 1 aromatic rings. The molecule has 0 saturated carbocycles. The number of aliphatic hydroxyl groups is 1. The standard InChI is InChI=1S/C14H18BrFO/c1-2-3-4-5-6-10-13(17)11-8-7-9-12(15)14(11)16/h2,7-9,13,17H,1,3-6,10H2. The van der Waals surface area contributed by atoms with Crippen LogP contribution in [0.3, 0.4) is 0 Å². The molecule has 0 amide bonds. The Morgan fingerprint density at radius 3 is 2.82 bits per heavy atom. The highest BCUT2D eigenvalue weighted by Gasteiger charge is 2.13. The predicted molar refractivity (Wildman–Crippen MR) is 72.3 cm³/mol. The van der Waals surface area contributed by atoms with Crippen molar-refractivity contribution in [3.05, 3.63) is 46.7 Å². The maximum absolute atomic E-state index is 13.7. The number of rotatable bonds is 7. The molecule has 17 heavy (non-hydrogen) atoms. The van der Waals surface area contributed by atoms with E-state index in [-0.39, 0.29) is 5.82 Å².